The van der Waals surface area contributed by atoms with E-state index in [1.54, 1.807) is 6.33 Å². The molecule has 0 aliphatic carbocycles. The first kappa shape index (κ1) is 14.1. The van der Waals surface area contributed by atoms with Crippen LogP contribution in [0.15, 0.2) is 6.33 Å². The van der Waals surface area contributed by atoms with Crippen molar-refractivity contribution in [3.05, 3.63) is 12.2 Å². The lowest BCUT2D eigenvalue weighted by molar-refractivity contribution is 0.0472. The molecule has 0 spiro atoms. The molecule has 1 heterocycles. The molecule has 2 unspecified atom stereocenters. The molecule has 0 aliphatic rings. The molecule has 0 aromatic carbocycles. The number of hydrogen-bond donors (Lipinski definition) is 1. The van der Waals surface area contributed by atoms with E-state index in [1.165, 1.54) is 0 Å². The van der Waals surface area contributed by atoms with E-state index in [4.69, 9.17) is 4.74 Å². The predicted octanol–water partition coefficient (Wildman–Crippen LogP) is 1.24. The minimum atomic E-state index is 0.182. The molecule has 0 saturated carbocycles. The van der Waals surface area contributed by atoms with E-state index in [-0.39, 0.29) is 12.1 Å². The van der Waals surface area contributed by atoms with Crippen LogP contribution in [0.1, 0.15) is 33.5 Å². The standard InChI is InChI=1S/C12H24N4O/c1-5-13-11(10(4)17-7-3)8-12-14-9-15-16(12)6-2/h9-11,13H,5-8H2,1-4H3. The minimum absolute atomic E-state index is 0.182. The lowest BCUT2D eigenvalue weighted by Gasteiger charge is -2.24. The van der Waals surface area contributed by atoms with Crippen molar-refractivity contribution in [2.75, 3.05) is 13.2 Å². The number of nitrogens with one attached hydrogen (secondary N) is 1. The van der Waals surface area contributed by atoms with Crippen molar-refractivity contribution in [2.24, 2.45) is 0 Å². The van der Waals surface area contributed by atoms with Gasteiger partial charge < -0.3 is 10.1 Å². The van der Waals surface area contributed by atoms with Crippen LogP contribution in [0.5, 0.6) is 0 Å². The Balaban J connectivity index is 2.65. The summed E-state index contributed by atoms with van der Waals surface area (Å²) in [4.78, 5) is 4.31. The monoisotopic (exact) mass is 240 g/mol. The number of rotatable bonds is 8. The van der Waals surface area contributed by atoms with Gasteiger partial charge >= 0.3 is 0 Å². The van der Waals surface area contributed by atoms with Gasteiger partial charge in [-0.3, -0.25) is 4.68 Å². The molecule has 0 amide bonds. The van der Waals surface area contributed by atoms with Crippen molar-refractivity contribution in [2.45, 2.75) is 52.8 Å². The van der Waals surface area contributed by atoms with Gasteiger partial charge in [0.05, 0.1) is 6.10 Å². The van der Waals surface area contributed by atoms with E-state index in [1.807, 2.05) is 11.6 Å². The van der Waals surface area contributed by atoms with Gasteiger partial charge in [-0.2, -0.15) is 5.10 Å². The Hall–Kier alpha value is -0.940. The average molecular weight is 240 g/mol. The summed E-state index contributed by atoms with van der Waals surface area (Å²) in [6.07, 6.45) is 2.65. The molecule has 1 aromatic rings. The van der Waals surface area contributed by atoms with Gasteiger partial charge in [0.2, 0.25) is 0 Å². The molecule has 0 bridgehead atoms. The highest BCUT2D eigenvalue weighted by Crippen LogP contribution is 2.06. The van der Waals surface area contributed by atoms with Gasteiger partial charge in [0, 0.05) is 25.6 Å². The molecule has 0 radical (unpaired) electrons. The van der Waals surface area contributed by atoms with Crippen molar-refractivity contribution >= 4 is 0 Å². The van der Waals surface area contributed by atoms with E-state index >= 15 is 0 Å². The average Bonchev–Trinajstić information content (AvgIpc) is 2.76. The highest BCUT2D eigenvalue weighted by atomic mass is 16.5. The van der Waals surface area contributed by atoms with Crippen LogP contribution >= 0.6 is 0 Å². The topological polar surface area (TPSA) is 52.0 Å². The molecular formula is C12H24N4O. The summed E-state index contributed by atoms with van der Waals surface area (Å²) in [5.41, 5.74) is 0. The van der Waals surface area contributed by atoms with E-state index < -0.39 is 0 Å². The van der Waals surface area contributed by atoms with Crippen LogP contribution < -0.4 is 5.32 Å². The summed E-state index contributed by atoms with van der Waals surface area (Å²) in [6, 6.07) is 0.287. The van der Waals surface area contributed by atoms with Gasteiger partial charge in [-0.25, -0.2) is 4.98 Å². The first-order chi connectivity index (χ1) is 8.22. The summed E-state index contributed by atoms with van der Waals surface area (Å²) in [5.74, 6) is 1.02. The number of ether oxygens (including phenoxy) is 1. The fraction of sp³-hybridized carbons (Fsp3) is 0.833. The van der Waals surface area contributed by atoms with Crippen LogP contribution in [0.2, 0.25) is 0 Å². The van der Waals surface area contributed by atoms with Crippen LogP contribution in [0.3, 0.4) is 0 Å². The Morgan fingerprint density at radius 1 is 1.41 bits per heavy atom. The Kier molecular flexibility index (Phi) is 6.15. The fourth-order valence-electron chi connectivity index (χ4n) is 1.95. The second-order valence-corrected chi connectivity index (χ2v) is 4.02. The number of likely N-dealkylation sites (N-methyl/N-ethyl adjacent to an activating group) is 1. The fourth-order valence-corrected chi connectivity index (χ4v) is 1.95. The molecular weight excluding hydrogens is 216 g/mol. The molecule has 1 aromatic heterocycles. The zero-order valence-corrected chi connectivity index (χ0v) is 11.3. The lowest BCUT2D eigenvalue weighted by atomic mass is 10.1. The summed E-state index contributed by atoms with van der Waals surface area (Å²) in [7, 11) is 0. The second-order valence-electron chi connectivity index (χ2n) is 4.02. The van der Waals surface area contributed by atoms with Crippen molar-refractivity contribution < 1.29 is 4.74 Å². The largest absolute Gasteiger partial charge is 0.377 e. The quantitative estimate of drug-likeness (QED) is 0.743. The number of nitrogens with zero attached hydrogens (tertiary/aromatic N) is 3. The smallest absolute Gasteiger partial charge is 0.138 e. The highest BCUT2D eigenvalue weighted by molar-refractivity contribution is 4.91. The normalized spacial score (nSPS) is 14.8. The number of aryl methyl sites for hydroxylation is 1. The predicted molar refractivity (Wildman–Crippen MR) is 68.0 cm³/mol. The molecule has 1 N–H and O–H groups in total. The van der Waals surface area contributed by atoms with Gasteiger partial charge in [0.1, 0.15) is 12.2 Å². The summed E-state index contributed by atoms with van der Waals surface area (Å²) in [5, 5.41) is 7.64. The maximum Gasteiger partial charge on any atom is 0.138 e. The van der Waals surface area contributed by atoms with Crippen molar-refractivity contribution in [3.63, 3.8) is 0 Å². The van der Waals surface area contributed by atoms with Gasteiger partial charge in [-0.15, -0.1) is 0 Å². The van der Waals surface area contributed by atoms with Crippen molar-refractivity contribution in [3.8, 4) is 0 Å². The molecule has 5 heteroatoms. The van der Waals surface area contributed by atoms with E-state index in [0.29, 0.717) is 0 Å². The Bertz CT molecular complexity index is 313. The van der Waals surface area contributed by atoms with Gasteiger partial charge in [-0.1, -0.05) is 6.92 Å². The molecule has 2 atom stereocenters. The van der Waals surface area contributed by atoms with Gasteiger partial charge in [0.15, 0.2) is 0 Å². The van der Waals surface area contributed by atoms with Crippen molar-refractivity contribution in [1.82, 2.24) is 20.1 Å². The molecule has 5 nitrogen and oxygen atoms in total. The Morgan fingerprint density at radius 2 is 2.18 bits per heavy atom. The zero-order valence-electron chi connectivity index (χ0n) is 11.3. The first-order valence-electron chi connectivity index (χ1n) is 6.44. The summed E-state index contributed by atoms with van der Waals surface area (Å²) >= 11 is 0. The molecule has 17 heavy (non-hydrogen) atoms. The van der Waals surface area contributed by atoms with Crippen molar-refractivity contribution in [1.29, 1.82) is 0 Å². The lowest BCUT2D eigenvalue weighted by Crippen LogP contribution is -2.42. The van der Waals surface area contributed by atoms with E-state index in [0.717, 1.165) is 31.9 Å². The third kappa shape index (κ3) is 4.09. The molecule has 98 valence electrons. The van der Waals surface area contributed by atoms with Crippen LogP contribution in [0, 0.1) is 0 Å². The van der Waals surface area contributed by atoms with Crippen LogP contribution in [-0.4, -0.2) is 40.1 Å². The number of hydrogen-bond acceptors (Lipinski definition) is 4. The minimum Gasteiger partial charge on any atom is -0.377 e. The highest BCUT2D eigenvalue weighted by Gasteiger charge is 2.19. The summed E-state index contributed by atoms with van der Waals surface area (Å²) < 4.78 is 7.59. The van der Waals surface area contributed by atoms with Crippen LogP contribution in [-0.2, 0) is 17.7 Å². The SMILES string of the molecule is CCNC(Cc1ncnn1CC)C(C)OCC. The van der Waals surface area contributed by atoms with Crippen LogP contribution in [0.4, 0.5) is 0 Å². The van der Waals surface area contributed by atoms with E-state index in [9.17, 15) is 0 Å². The zero-order chi connectivity index (χ0) is 12.7. The Labute approximate surface area is 104 Å². The molecule has 0 saturated heterocycles. The summed E-state index contributed by atoms with van der Waals surface area (Å²) in [6.45, 7) is 10.8. The Morgan fingerprint density at radius 3 is 2.76 bits per heavy atom. The molecule has 1 rings (SSSR count). The van der Waals surface area contributed by atoms with Crippen LogP contribution in [0.25, 0.3) is 0 Å². The molecule has 0 aliphatic heterocycles. The first-order valence-corrected chi connectivity index (χ1v) is 6.44. The maximum absolute atomic E-state index is 5.66. The molecule has 0 fully saturated rings. The number of aromatic nitrogens is 3. The van der Waals surface area contributed by atoms with Gasteiger partial charge in [-0.05, 0) is 27.3 Å². The third-order valence-corrected chi connectivity index (χ3v) is 2.86. The second kappa shape index (κ2) is 7.40. The van der Waals surface area contributed by atoms with Gasteiger partial charge in [0.25, 0.3) is 0 Å². The maximum atomic E-state index is 5.66. The third-order valence-electron chi connectivity index (χ3n) is 2.86. The van der Waals surface area contributed by atoms with E-state index in [2.05, 4.69) is 36.2 Å².